The van der Waals surface area contributed by atoms with Crippen molar-refractivity contribution in [2.24, 2.45) is 5.73 Å². The molecule has 7 heteroatoms. The minimum absolute atomic E-state index is 0.00237. The molecule has 1 unspecified atom stereocenters. The summed E-state index contributed by atoms with van der Waals surface area (Å²) in [5.41, 5.74) is 8.69. The van der Waals surface area contributed by atoms with E-state index in [1.807, 2.05) is 12.1 Å². The summed E-state index contributed by atoms with van der Waals surface area (Å²) in [7, 11) is 0. The standard InChI is InChI=1S/C16H18N4O3/c17-13(21)9-20-12-5-1-3-10(7-14(22)23)15(12)16(19-20)11-4-2-6-18-8-11/h2,4,6,8,10H,1,3,5,7,9H2,(H2,17,21)(H,22,23). The number of aliphatic carboxylic acids is 1. The van der Waals surface area contributed by atoms with E-state index >= 15 is 0 Å². The summed E-state index contributed by atoms with van der Waals surface area (Å²) in [6.45, 7) is 0.00237. The van der Waals surface area contributed by atoms with Crippen LogP contribution in [-0.4, -0.2) is 31.7 Å². The van der Waals surface area contributed by atoms with Crippen LogP contribution in [0.25, 0.3) is 11.3 Å². The van der Waals surface area contributed by atoms with Crippen LogP contribution < -0.4 is 5.73 Å². The first-order chi connectivity index (χ1) is 11.1. The minimum atomic E-state index is -0.831. The average Bonchev–Trinajstić information content (AvgIpc) is 2.87. The number of carboxylic acids is 1. The largest absolute Gasteiger partial charge is 0.481 e. The average molecular weight is 314 g/mol. The number of carbonyl (C=O) groups excluding carboxylic acids is 1. The van der Waals surface area contributed by atoms with Crippen LogP contribution >= 0.6 is 0 Å². The van der Waals surface area contributed by atoms with Gasteiger partial charge in [-0.3, -0.25) is 19.3 Å². The van der Waals surface area contributed by atoms with Crippen LogP contribution in [0.4, 0.5) is 0 Å². The van der Waals surface area contributed by atoms with Crippen LogP contribution in [0.5, 0.6) is 0 Å². The molecular formula is C16H18N4O3. The molecule has 2 heterocycles. The SMILES string of the molecule is NC(=O)Cn1nc(-c2cccnc2)c2c1CCCC2CC(=O)O. The molecule has 120 valence electrons. The third-order valence-electron chi connectivity index (χ3n) is 4.13. The van der Waals surface area contributed by atoms with Gasteiger partial charge in [-0.05, 0) is 37.3 Å². The normalized spacial score (nSPS) is 16.8. The van der Waals surface area contributed by atoms with Gasteiger partial charge >= 0.3 is 5.97 Å². The Morgan fingerprint density at radius 1 is 1.43 bits per heavy atom. The second-order valence-corrected chi connectivity index (χ2v) is 5.76. The second-order valence-electron chi connectivity index (χ2n) is 5.76. The summed E-state index contributed by atoms with van der Waals surface area (Å²) in [5, 5.41) is 13.7. The van der Waals surface area contributed by atoms with Crippen LogP contribution in [0, 0.1) is 0 Å². The van der Waals surface area contributed by atoms with Gasteiger partial charge in [0, 0.05) is 29.2 Å². The highest BCUT2D eigenvalue weighted by atomic mass is 16.4. The molecule has 1 aliphatic rings. The summed E-state index contributed by atoms with van der Waals surface area (Å²) in [6, 6.07) is 3.69. The van der Waals surface area contributed by atoms with E-state index in [2.05, 4.69) is 10.1 Å². The van der Waals surface area contributed by atoms with E-state index < -0.39 is 11.9 Å². The summed E-state index contributed by atoms with van der Waals surface area (Å²) in [4.78, 5) is 26.6. The van der Waals surface area contributed by atoms with Crippen molar-refractivity contribution in [1.29, 1.82) is 0 Å². The quantitative estimate of drug-likeness (QED) is 0.864. The van der Waals surface area contributed by atoms with Crippen molar-refractivity contribution >= 4 is 11.9 Å². The van der Waals surface area contributed by atoms with Crippen LogP contribution in [0.3, 0.4) is 0 Å². The van der Waals surface area contributed by atoms with Gasteiger partial charge in [-0.25, -0.2) is 0 Å². The number of carbonyl (C=O) groups is 2. The molecule has 0 bridgehead atoms. The van der Waals surface area contributed by atoms with E-state index in [9.17, 15) is 14.7 Å². The first-order valence-electron chi connectivity index (χ1n) is 7.56. The van der Waals surface area contributed by atoms with E-state index in [0.717, 1.165) is 36.1 Å². The molecule has 0 saturated heterocycles. The third-order valence-corrected chi connectivity index (χ3v) is 4.13. The Morgan fingerprint density at radius 2 is 2.26 bits per heavy atom. The van der Waals surface area contributed by atoms with E-state index in [0.29, 0.717) is 5.69 Å². The summed E-state index contributed by atoms with van der Waals surface area (Å²) in [5.74, 6) is -1.40. The molecule has 3 N–H and O–H groups in total. The highest BCUT2D eigenvalue weighted by molar-refractivity contribution is 5.74. The van der Waals surface area contributed by atoms with Crippen molar-refractivity contribution in [2.45, 2.75) is 38.1 Å². The van der Waals surface area contributed by atoms with Crippen molar-refractivity contribution in [3.8, 4) is 11.3 Å². The molecule has 23 heavy (non-hydrogen) atoms. The Labute approximate surface area is 133 Å². The van der Waals surface area contributed by atoms with Crippen molar-refractivity contribution in [1.82, 2.24) is 14.8 Å². The Hall–Kier alpha value is -2.70. The van der Waals surface area contributed by atoms with E-state index in [-0.39, 0.29) is 18.9 Å². The fourth-order valence-electron chi connectivity index (χ4n) is 3.27. The number of fused-ring (bicyclic) bond motifs is 1. The van der Waals surface area contributed by atoms with Gasteiger partial charge in [-0.1, -0.05) is 0 Å². The number of nitrogens with two attached hydrogens (primary N) is 1. The molecule has 0 spiro atoms. The predicted molar refractivity (Wildman–Crippen MR) is 82.6 cm³/mol. The van der Waals surface area contributed by atoms with Crippen molar-refractivity contribution in [2.75, 3.05) is 0 Å². The highest BCUT2D eigenvalue weighted by Gasteiger charge is 2.30. The first-order valence-corrected chi connectivity index (χ1v) is 7.56. The lowest BCUT2D eigenvalue weighted by Gasteiger charge is -2.22. The van der Waals surface area contributed by atoms with Gasteiger partial charge in [0.15, 0.2) is 0 Å². The molecule has 0 fully saturated rings. The summed E-state index contributed by atoms with van der Waals surface area (Å²) in [6.07, 6.45) is 5.87. The van der Waals surface area contributed by atoms with E-state index in [4.69, 9.17) is 5.73 Å². The lowest BCUT2D eigenvalue weighted by atomic mass is 9.82. The number of primary amides is 1. The molecular weight excluding hydrogens is 296 g/mol. The lowest BCUT2D eigenvalue weighted by Crippen LogP contribution is -2.22. The number of amides is 1. The van der Waals surface area contributed by atoms with Crippen molar-refractivity contribution in [3.63, 3.8) is 0 Å². The molecule has 0 saturated carbocycles. The van der Waals surface area contributed by atoms with Gasteiger partial charge < -0.3 is 10.8 Å². The maximum atomic E-state index is 11.3. The first kappa shape index (κ1) is 15.2. The number of aromatic nitrogens is 3. The second kappa shape index (κ2) is 6.20. The van der Waals surface area contributed by atoms with Crippen LogP contribution in [0.2, 0.25) is 0 Å². The fourth-order valence-corrected chi connectivity index (χ4v) is 3.27. The Kier molecular flexibility index (Phi) is 4.10. The lowest BCUT2D eigenvalue weighted by molar-refractivity contribution is -0.137. The molecule has 1 amide bonds. The van der Waals surface area contributed by atoms with Crippen molar-refractivity contribution < 1.29 is 14.7 Å². The molecule has 1 atom stereocenters. The summed E-state index contributed by atoms with van der Waals surface area (Å²) < 4.78 is 1.62. The zero-order chi connectivity index (χ0) is 16.4. The highest BCUT2D eigenvalue weighted by Crippen LogP contribution is 2.40. The van der Waals surface area contributed by atoms with Gasteiger partial charge in [0.05, 0.1) is 12.1 Å². The fraction of sp³-hybridized carbons (Fsp3) is 0.375. The van der Waals surface area contributed by atoms with Gasteiger partial charge in [0.2, 0.25) is 5.91 Å². The predicted octanol–water partition coefficient (Wildman–Crippen LogP) is 1.32. The van der Waals surface area contributed by atoms with E-state index in [1.165, 1.54) is 0 Å². The number of hydrogen-bond acceptors (Lipinski definition) is 4. The molecule has 3 rings (SSSR count). The number of pyridine rings is 1. The molecule has 7 nitrogen and oxygen atoms in total. The Balaban J connectivity index is 2.13. The molecule has 0 aromatic carbocycles. The topological polar surface area (TPSA) is 111 Å². The van der Waals surface area contributed by atoms with Gasteiger partial charge in [-0.2, -0.15) is 5.10 Å². The zero-order valence-electron chi connectivity index (χ0n) is 12.6. The number of nitrogens with zero attached hydrogens (tertiary/aromatic N) is 3. The Bertz CT molecular complexity index is 739. The monoisotopic (exact) mass is 314 g/mol. The Morgan fingerprint density at radius 3 is 2.91 bits per heavy atom. The molecule has 0 radical (unpaired) electrons. The maximum Gasteiger partial charge on any atom is 0.303 e. The van der Waals surface area contributed by atoms with Gasteiger partial charge in [0.25, 0.3) is 0 Å². The van der Waals surface area contributed by atoms with Crippen LogP contribution in [0.1, 0.15) is 36.4 Å². The molecule has 0 aliphatic heterocycles. The molecule has 2 aromatic heterocycles. The van der Waals surface area contributed by atoms with Crippen molar-refractivity contribution in [3.05, 3.63) is 35.8 Å². The van der Waals surface area contributed by atoms with E-state index in [1.54, 1.807) is 17.1 Å². The van der Waals surface area contributed by atoms with Crippen LogP contribution in [0.15, 0.2) is 24.5 Å². The molecule has 2 aromatic rings. The molecule has 1 aliphatic carbocycles. The maximum absolute atomic E-state index is 11.3. The van der Waals surface area contributed by atoms with Crippen LogP contribution in [-0.2, 0) is 22.6 Å². The van der Waals surface area contributed by atoms with Gasteiger partial charge in [0.1, 0.15) is 6.54 Å². The zero-order valence-corrected chi connectivity index (χ0v) is 12.6. The number of carboxylic acid groups (broad SMARTS) is 1. The van der Waals surface area contributed by atoms with Gasteiger partial charge in [-0.15, -0.1) is 0 Å². The smallest absolute Gasteiger partial charge is 0.303 e. The number of rotatable bonds is 5. The number of hydrogen-bond donors (Lipinski definition) is 2. The summed E-state index contributed by atoms with van der Waals surface area (Å²) >= 11 is 0. The third kappa shape index (κ3) is 3.08. The minimum Gasteiger partial charge on any atom is -0.481 e.